The fourth-order valence-corrected chi connectivity index (χ4v) is 3.26. The van der Waals surface area contributed by atoms with Gasteiger partial charge in [-0.2, -0.15) is 0 Å². The molecule has 2 saturated heterocycles. The van der Waals surface area contributed by atoms with Crippen LogP contribution in [-0.2, 0) is 9.53 Å². The molecule has 1 aromatic rings. The van der Waals surface area contributed by atoms with Gasteiger partial charge in [-0.25, -0.2) is 0 Å². The normalized spacial score (nSPS) is 26.6. The van der Waals surface area contributed by atoms with Crippen LogP contribution in [-0.4, -0.2) is 42.9 Å². The second-order valence-corrected chi connectivity index (χ2v) is 5.61. The van der Waals surface area contributed by atoms with Gasteiger partial charge in [0.25, 0.3) is 0 Å². The Bertz CT molecular complexity index is 582. The molecule has 3 aliphatic rings. The quantitative estimate of drug-likeness (QED) is 0.779. The monoisotopic (exact) mass is 287 g/mol. The summed E-state index contributed by atoms with van der Waals surface area (Å²) < 4.78 is 16.1. The average Bonchev–Trinajstić information content (AvgIpc) is 3.06. The van der Waals surface area contributed by atoms with Crippen LogP contribution >= 0.6 is 0 Å². The zero-order chi connectivity index (χ0) is 14.2. The number of hydrogen-bond acceptors (Lipinski definition) is 4. The molecule has 0 N–H and O–H groups in total. The number of nitrogens with zero attached hydrogens (tertiary/aromatic N) is 1. The molecular weight excluding hydrogens is 270 g/mol. The van der Waals surface area contributed by atoms with Gasteiger partial charge in [-0.05, 0) is 36.6 Å². The maximum absolute atomic E-state index is 12.4. The Kier molecular flexibility index (Phi) is 3.07. The molecule has 0 unspecified atom stereocenters. The van der Waals surface area contributed by atoms with E-state index in [1.54, 1.807) is 6.08 Å². The van der Waals surface area contributed by atoms with E-state index >= 15 is 0 Å². The molecule has 0 aliphatic carbocycles. The molecule has 2 bridgehead atoms. The molecule has 0 radical (unpaired) electrons. The SMILES string of the molecule is O=C(/C=C/c1ccc2c(c1)OCO2)N1[C@@H]2CC[C@H]1COC2. The van der Waals surface area contributed by atoms with Crippen molar-refractivity contribution in [2.75, 3.05) is 20.0 Å². The molecule has 110 valence electrons. The third kappa shape index (κ3) is 2.27. The summed E-state index contributed by atoms with van der Waals surface area (Å²) in [6.45, 7) is 1.60. The van der Waals surface area contributed by atoms with E-state index in [-0.39, 0.29) is 24.8 Å². The molecule has 5 heteroatoms. The summed E-state index contributed by atoms with van der Waals surface area (Å²) >= 11 is 0. The van der Waals surface area contributed by atoms with E-state index in [2.05, 4.69) is 0 Å². The van der Waals surface area contributed by atoms with Crippen LogP contribution in [0.4, 0.5) is 0 Å². The highest BCUT2D eigenvalue weighted by Gasteiger charge is 2.39. The fraction of sp³-hybridized carbons (Fsp3) is 0.438. The van der Waals surface area contributed by atoms with Crippen molar-refractivity contribution < 1.29 is 19.0 Å². The second-order valence-electron chi connectivity index (χ2n) is 5.61. The van der Waals surface area contributed by atoms with Gasteiger partial charge in [0.15, 0.2) is 11.5 Å². The Hall–Kier alpha value is -2.01. The minimum Gasteiger partial charge on any atom is -0.454 e. The lowest BCUT2D eigenvalue weighted by atomic mass is 10.1. The van der Waals surface area contributed by atoms with Crippen molar-refractivity contribution in [2.45, 2.75) is 24.9 Å². The predicted molar refractivity (Wildman–Crippen MR) is 76.1 cm³/mol. The largest absolute Gasteiger partial charge is 0.454 e. The van der Waals surface area contributed by atoms with Gasteiger partial charge >= 0.3 is 0 Å². The molecule has 0 spiro atoms. The fourth-order valence-electron chi connectivity index (χ4n) is 3.26. The van der Waals surface area contributed by atoms with Gasteiger partial charge in [-0.1, -0.05) is 6.07 Å². The number of hydrogen-bond donors (Lipinski definition) is 0. The van der Waals surface area contributed by atoms with Crippen molar-refractivity contribution in [1.82, 2.24) is 4.90 Å². The van der Waals surface area contributed by atoms with Crippen LogP contribution in [0.15, 0.2) is 24.3 Å². The Morgan fingerprint density at radius 1 is 1.14 bits per heavy atom. The third-order valence-corrected chi connectivity index (χ3v) is 4.31. The van der Waals surface area contributed by atoms with Crippen molar-refractivity contribution in [3.63, 3.8) is 0 Å². The summed E-state index contributed by atoms with van der Waals surface area (Å²) in [5.41, 5.74) is 0.938. The first kappa shape index (κ1) is 12.7. The smallest absolute Gasteiger partial charge is 0.247 e. The Labute approximate surface area is 123 Å². The van der Waals surface area contributed by atoms with Crippen LogP contribution in [0.3, 0.4) is 0 Å². The molecule has 0 aromatic heterocycles. The van der Waals surface area contributed by atoms with Gasteiger partial charge in [-0.15, -0.1) is 0 Å². The number of ether oxygens (including phenoxy) is 3. The van der Waals surface area contributed by atoms with E-state index in [0.717, 1.165) is 29.9 Å². The minimum absolute atomic E-state index is 0.0727. The summed E-state index contributed by atoms with van der Waals surface area (Å²) in [4.78, 5) is 14.4. The highest BCUT2D eigenvalue weighted by atomic mass is 16.7. The van der Waals surface area contributed by atoms with Gasteiger partial charge in [0.2, 0.25) is 12.7 Å². The molecule has 3 aliphatic heterocycles. The lowest BCUT2D eigenvalue weighted by Crippen LogP contribution is -2.48. The van der Waals surface area contributed by atoms with Crippen molar-refractivity contribution in [1.29, 1.82) is 0 Å². The van der Waals surface area contributed by atoms with E-state index in [0.29, 0.717) is 13.2 Å². The van der Waals surface area contributed by atoms with Crippen molar-refractivity contribution in [2.24, 2.45) is 0 Å². The van der Waals surface area contributed by atoms with Gasteiger partial charge in [0.05, 0.1) is 25.3 Å². The van der Waals surface area contributed by atoms with Crippen molar-refractivity contribution >= 4 is 12.0 Å². The summed E-state index contributed by atoms with van der Waals surface area (Å²) in [6.07, 6.45) is 5.58. The molecule has 2 atom stereocenters. The predicted octanol–water partition coefficient (Wildman–Crippen LogP) is 1.82. The Balaban J connectivity index is 1.49. The van der Waals surface area contributed by atoms with Gasteiger partial charge in [0.1, 0.15) is 0 Å². The third-order valence-electron chi connectivity index (χ3n) is 4.31. The van der Waals surface area contributed by atoms with Gasteiger partial charge in [0, 0.05) is 6.08 Å². The van der Waals surface area contributed by atoms with Gasteiger partial charge < -0.3 is 19.1 Å². The van der Waals surface area contributed by atoms with Crippen LogP contribution in [0.5, 0.6) is 11.5 Å². The average molecular weight is 287 g/mol. The zero-order valence-corrected chi connectivity index (χ0v) is 11.7. The van der Waals surface area contributed by atoms with Crippen LogP contribution < -0.4 is 9.47 Å². The number of carbonyl (C=O) groups is 1. The molecular formula is C16H17NO4. The van der Waals surface area contributed by atoms with E-state index < -0.39 is 0 Å². The van der Waals surface area contributed by atoms with Crippen molar-refractivity contribution in [3.8, 4) is 11.5 Å². The highest BCUT2D eigenvalue weighted by molar-refractivity contribution is 5.92. The molecule has 3 heterocycles. The topological polar surface area (TPSA) is 48.0 Å². The zero-order valence-electron chi connectivity index (χ0n) is 11.7. The first-order valence-corrected chi connectivity index (χ1v) is 7.29. The summed E-state index contributed by atoms with van der Waals surface area (Å²) in [7, 11) is 0. The van der Waals surface area contributed by atoms with Crippen LogP contribution in [0.25, 0.3) is 6.08 Å². The van der Waals surface area contributed by atoms with Crippen LogP contribution in [0, 0.1) is 0 Å². The van der Waals surface area contributed by atoms with E-state index in [1.165, 1.54) is 0 Å². The van der Waals surface area contributed by atoms with E-state index in [4.69, 9.17) is 14.2 Å². The number of carbonyl (C=O) groups excluding carboxylic acids is 1. The number of benzene rings is 1. The lowest BCUT2D eigenvalue weighted by molar-refractivity contribution is -0.135. The Morgan fingerprint density at radius 3 is 2.71 bits per heavy atom. The standard InChI is InChI=1S/C16H17NO4/c18-16(17-12-3-4-13(17)9-19-8-12)6-2-11-1-5-14-15(7-11)21-10-20-14/h1-2,5-7,12-13H,3-4,8-10H2/b6-2+/t12-,13+. The molecule has 4 rings (SSSR count). The van der Waals surface area contributed by atoms with Gasteiger partial charge in [-0.3, -0.25) is 4.79 Å². The maximum Gasteiger partial charge on any atom is 0.247 e. The molecule has 21 heavy (non-hydrogen) atoms. The Morgan fingerprint density at radius 2 is 1.90 bits per heavy atom. The molecule has 0 saturated carbocycles. The number of rotatable bonds is 2. The molecule has 1 amide bonds. The molecule has 2 fully saturated rings. The second kappa shape index (κ2) is 5.07. The van der Waals surface area contributed by atoms with E-state index in [1.807, 2.05) is 29.2 Å². The van der Waals surface area contributed by atoms with E-state index in [9.17, 15) is 4.79 Å². The highest BCUT2D eigenvalue weighted by Crippen LogP contribution is 2.33. The minimum atomic E-state index is 0.0727. The summed E-state index contributed by atoms with van der Waals surface area (Å²) in [6, 6.07) is 6.17. The van der Waals surface area contributed by atoms with Crippen molar-refractivity contribution in [3.05, 3.63) is 29.8 Å². The number of fused-ring (bicyclic) bond motifs is 3. The summed E-state index contributed by atoms with van der Waals surface area (Å²) in [5, 5.41) is 0. The molecule has 5 nitrogen and oxygen atoms in total. The first-order chi connectivity index (χ1) is 10.3. The number of amides is 1. The van der Waals surface area contributed by atoms with Crippen LogP contribution in [0.2, 0.25) is 0 Å². The maximum atomic E-state index is 12.4. The summed E-state index contributed by atoms with van der Waals surface area (Å²) in [5.74, 6) is 1.56. The lowest BCUT2D eigenvalue weighted by Gasteiger charge is -2.33. The number of morpholine rings is 1. The van der Waals surface area contributed by atoms with Crippen LogP contribution in [0.1, 0.15) is 18.4 Å². The molecule has 1 aromatic carbocycles. The first-order valence-electron chi connectivity index (χ1n) is 7.29.